The minimum absolute atomic E-state index is 0.326. The molecule has 2 aromatic rings. The van der Waals surface area contributed by atoms with E-state index in [0.717, 1.165) is 30.2 Å². The quantitative estimate of drug-likeness (QED) is 0.693. The number of anilines is 1. The zero-order valence-electron chi connectivity index (χ0n) is 12.4. The number of rotatable bonds is 4. The van der Waals surface area contributed by atoms with Gasteiger partial charge in [0.05, 0.1) is 12.2 Å². The van der Waals surface area contributed by atoms with Gasteiger partial charge in [0.25, 0.3) is 0 Å². The molecule has 116 valence electrons. The first-order valence-corrected chi connectivity index (χ1v) is 8.36. The molecule has 0 spiro atoms. The van der Waals surface area contributed by atoms with Crippen molar-refractivity contribution in [1.29, 1.82) is 0 Å². The summed E-state index contributed by atoms with van der Waals surface area (Å²) in [6.07, 6.45) is 9.88. The van der Waals surface area contributed by atoms with Crippen LogP contribution in [0, 0.1) is 0 Å². The Bertz CT molecular complexity index is 679. The summed E-state index contributed by atoms with van der Waals surface area (Å²) in [6, 6.07) is 0.581. The molecule has 22 heavy (non-hydrogen) atoms. The monoisotopic (exact) mass is 318 g/mol. The van der Waals surface area contributed by atoms with E-state index < -0.39 is 0 Å². The van der Waals surface area contributed by atoms with E-state index in [4.69, 9.17) is 11.6 Å². The van der Waals surface area contributed by atoms with Crippen LogP contribution in [0.3, 0.4) is 0 Å². The largest absolute Gasteiger partial charge is 0.362 e. The highest BCUT2D eigenvalue weighted by atomic mass is 35.5. The van der Waals surface area contributed by atoms with Crippen LogP contribution < -0.4 is 5.32 Å². The second kappa shape index (κ2) is 5.83. The topological polar surface area (TPSA) is 68.5 Å². The van der Waals surface area contributed by atoms with Gasteiger partial charge in [-0.15, -0.1) is 10.2 Å². The van der Waals surface area contributed by atoms with Gasteiger partial charge < -0.3 is 9.88 Å². The number of aromatic nitrogens is 5. The molecule has 1 fully saturated rings. The van der Waals surface area contributed by atoms with Crippen LogP contribution in [0.15, 0.2) is 6.33 Å². The molecule has 4 rings (SSSR count). The molecule has 2 heterocycles. The number of fused-ring (bicyclic) bond motifs is 1. The second-order valence-electron chi connectivity index (χ2n) is 6.07. The highest BCUT2D eigenvalue weighted by molar-refractivity contribution is 6.28. The molecule has 0 saturated heterocycles. The van der Waals surface area contributed by atoms with Crippen LogP contribution >= 0.6 is 11.6 Å². The summed E-state index contributed by atoms with van der Waals surface area (Å²) in [7, 11) is 0. The van der Waals surface area contributed by atoms with E-state index in [1.165, 1.54) is 37.7 Å². The summed E-state index contributed by atoms with van der Waals surface area (Å²) in [4.78, 5) is 8.82. The number of halogens is 1. The van der Waals surface area contributed by atoms with Crippen LogP contribution in [0.1, 0.15) is 55.2 Å². The lowest BCUT2D eigenvalue weighted by Crippen LogP contribution is -2.12. The molecular formula is C15H19ClN6. The normalized spacial score (nSPS) is 17.9. The molecule has 1 N–H and O–H groups in total. The Labute approximate surface area is 134 Å². The molecule has 7 heteroatoms. The fourth-order valence-electron chi connectivity index (χ4n) is 3.10. The SMILES string of the molecule is Clc1nc2c(c(NCc3nncn3C3CC3)n1)CCCCC2. The van der Waals surface area contributed by atoms with Crippen molar-refractivity contribution in [3.05, 3.63) is 28.7 Å². The molecule has 2 aromatic heterocycles. The van der Waals surface area contributed by atoms with Gasteiger partial charge in [0, 0.05) is 11.6 Å². The Kier molecular flexibility index (Phi) is 3.70. The second-order valence-corrected chi connectivity index (χ2v) is 6.40. The maximum absolute atomic E-state index is 6.09. The summed E-state index contributed by atoms with van der Waals surface area (Å²) in [5.74, 6) is 1.82. The fraction of sp³-hybridized carbons (Fsp3) is 0.600. The predicted octanol–water partition coefficient (Wildman–Crippen LogP) is 2.94. The number of hydrogen-bond donors (Lipinski definition) is 1. The van der Waals surface area contributed by atoms with Crippen molar-refractivity contribution in [2.24, 2.45) is 0 Å². The summed E-state index contributed by atoms with van der Waals surface area (Å²) < 4.78 is 2.16. The van der Waals surface area contributed by atoms with Gasteiger partial charge in [-0.25, -0.2) is 9.97 Å². The molecule has 6 nitrogen and oxygen atoms in total. The standard InChI is InChI=1S/C15H19ClN6/c16-15-19-12-5-3-1-2-4-11(12)14(20-15)17-8-13-21-18-9-22(13)10-6-7-10/h9-10H,1-8H2,(H,17,19,20). The van der Waals surface area contributed by atoms with E-state index in [1.807, 2.05) is 6.33 Å². The highest BCUT2D eigenvalue weighted by Gasteiger charge is 2.26. The first kappa shape index (κ1) is 13.9. The van der Waals surface area contributed by atoms with Gasteiger partial charge in [0.15, 0.2) is 5.82 Å². The molecule has 0 amide bonds. The van der Waals surface area contributed by atoms with Gasteiger partial charge in [0.2, 0.25) is 5.28 Å². The predicted molar refractivity (Wildman–Crippen MR) is 83.9 cm³/mol. The van der Waals surface area contributed by atoms with Crippen molar-refractivity contribution in [1.82, 2.24) is 24.7 Å². The lowest BCUT2D eigenvalue weighted by atomic mass is 10.1. The molecule has 0 aliphatic heterocycles. The molecule has 0 radical (unpaired) electrons. The van der Waals surface area contributed by atoms with Crippen LogP contribution in [0.25, 0.3) is 0 Å². The smallest absolute Gasteiger partial charge is 0.224 e. The maximum Gasteiger partial charge on any atom is 0.224 e. The van der Waals surface area contributed by atoms with Crippen molar-refractivity contribution in [3.63, 3.8) is 0 Å². The number of aryl methyl sites for hydroxylation is 1. The van der Waals surface area contributed by atoms with Gasteiger partial charge in [-0.05, 0) is 50.1 Å². The summed E-state index contributed by atoms with van der Waals surface area (Å²) in [5, 5.41) is 12.0. The van der Waals surface area contributed by atoms with Gasteiger partial charge in [-0.3, -0.25) is 0 Å². The Morgan fingerprint density at radius 3 is 2.91 bits per heavy atom. The number of nitrogens with one attached hydrogen (secondary N) is 1. The third kappa shape index (κ3) is 2.79. The molecule has 2 aliphatic carbocycles. The zero-order chi connectivity index (χ0) is 14.9. The van der Waals surface area contributed by atoms with Gasteiger partial charge in [-0.1, -0.05) is 6.42 Å². The zero-order valence-corrected chi connectivity index (χ0v) is 13.2. The minimum atomic E-state index is 0.326. The molecule has 1 saturated carbocycles. The van der Waals surface area contributed by atoms with Crippen LogP contribution in [0.5, 0.6) is 0 Å². The van der Waals surface area contributed by atoms with Gasteiger partial charge >= 0.3 is 0 Å². The Hall–Kier alpha value is -1.69. The van der Waals surface area contributed by atoms with Gasteiger partial charge in [0.1, 0.15) is 12.1 Å². The summed E-state index contributed by atoms with van der Waals surface area (Å²) in [6.45, 7) is 0.621. The highest BCUT2D eigenvalue weighted by Crippen LogP contribution is 2.35. The lowest BCUT2D eigenvalue weighted by molar-refractivity contribution is 0.688. The molecular weight excluding hydrogens is 300 g/mol. The Morgan fingerprint density at radius 2 is 2.05 bits per heavy atom. The van der Waals surface area contributed by atoms with Crippen LogP contribution in [-0.2, 0) is 19.4 Å². The molecule has 0 atom stereocenters. The third-order valence-corrected chi connectivity index (χ3v) is 4.58. The van der Waals surface area contributed by atoms with E-state index in [9.17, 15) is 0 Å². The van der Waals surface area contributed by atoms with Crippen molar-refractivity contribution in [2.75, 3.05) is 5.32 Å². The number of hydrogen-bond acceptors (Lipinski definition) is 5. The lowest BCUT2D eigenvalue weighted by Gasteiger charge is -2.13. The molecule has 2 aliphatic rings. The van der Waals surface area contributed by atoms with E-state index in [-0.39, 0.29) is 0 Å². The molecule has 0 bridgehead atoms. The van der Waals surface area contributed by atoms with Crippen molar-refractivity contribution >= 4 is 17.4 Å². The van der Waals surface area contributed by atoms with E-state index in [1.54, 1.807) is 0 Å². The first-order valence-electron chi connectivity index (χ1n) is 7.99. The Morgan fingerprint density at radius 1 is 1.18 bits per heavy atom. The van der Waals surface area contributed by atoms with E-state index in [0.29, 0.717) is 17.9 Å². The van der Waals surface area contributed by atoms with Crippen LogP contribution in [0.2, 0.25) is 5.28 Å². The Balaban J connectivity index is 1.57. The van der Waals surface area contributed by atoms with E-state index in [2.05, 4.69) is 30.0 Å². The average molecular weight is 319 g/mol. The van der Waals surface area contributed by atoms with E-state index >= 15 is 0 Å². The minimum Gasteiger partial charge on any atom is -0.362 e. The van der Waals surface area contributed by atoms with Crippen LogP contribution in [0.4, 0.5) is 5.82 Å². The maximum atomic E-state index is 6.09. The fourth-order valence-corrected chi connectivity index (χ4v) is 3.29. The molecule has 0 aromatic carbocycles. The first-order chi connectivity index (χ1) is 10.8. The number of nitrogens with zero attached hydrogens (tertiary/aromatic N) is 5. The van der Waals surface area contributed by atoms with Gasteiger partial charge in [-0.2, -0.15) is 0 Å². The van der Waals surface area contributed by atoms with Crippen molar-refractivity contribution in [2.45, 2.75) is 57.5 Å². The third-order valence-electron chi connectivity index (χ3n) is 4.41. The average Bonchev–Trinajstić information content (AvgIpc) is 3.28. The summed E-state index contributed by atoms with van der Waals surface area (Å²) >= 11 is 6.09. The van der Waals surface area contributed by atoms with Crippen molar-refractivity contribution < 1.29 is 0 Å². The molecule has 0 unspecified atom stereocenters. The van der Waals surface area contributed by atoms with Crippen molar-refractivity contribution in [3.8, 4) is 0 Å². The van der Waals surface area contributed by atoms with Crippen LogP contribution in [-0.4, -0.2) is 24.7 Å². The summed E-state index contributed by atoms with van der Waals surface area (Å²) in [5.41, 5.74) is 2.32.